The lowest BCUT2D eigenvalue weighted by molar-refractivity contribution is 1.07. The Bertz CT molecular complexity index is 1730. The highest BCUT2D eigenvalue weighted by Gasteiger charge is 2.24. The number of H-pyrrole nitrogens is 2. The third-order valence-electron chi connectivity index (χ3n) is 9.05. The van der Waals surface area contributed by atoms with E-state index in [9.17, 15) is 0 Å². The Morgan fingerprint density at radius 3 is 1.46 bits per heavy atom. The molecule has 0 atom stereocenters. The molecule has 5 rings (SSSR count). The van der Waals surface area contributed by atoms with Gasteiger partial charge in [-0.15, -0.1) is 0 Å². The summed E-state index contributed by atoms with van der Waals surface area (Å²) in [5, 5.41) is 0.723. The summed E-state index contributed by atoms with van der Waals surface area (Å²) in [7, 11) is 0. The van der Waals surface area contributed by atoms with E-state index in [0.717, 1.165) is 90.2 Å². The molecule has 0 fully saturated rings. The molecule has 2 aliphatic rings. The summed E-state index contributed by atoms with van der Waals surface area (Å²) in [5.74, 6) is 0. The topological polar surface area (TPSA) is 57.4 Å². The van der Waals surface area contributed by atoms with Crippen LogP contribution >= 0.6 is 11.6 Å². The van der Waals surface area contributed by atoms with Gasteiger partial charge in [-0.3, -0.25) is 0 Å². The molecule has 0 saturated heterocycles. The maximum absolute atomic E-state index is 7.36. The zero-order valence-electron chi connectivity index (χ0n) is 26.2. The summed E-state index contributed by atoms with van der Waals surface area (Å²) in [4.78, 5) is 18.1. The van der Waals surface area contributed by atoms with Crippen molar-refractivity contribution in [3.8, 4) is 0 Å². The van der Waals surface area contributed by atoms with E-state index in [0.29, 0.717) is 0 Å². The fourth-order valence-corrected chi connectivity index (χ4v) is 7.46. The van der Waals surface area contributed by atoms with Crippen molar-refractivity contribution in [3.05, 3.63) is 68.3 Å². The predicted molar refractivity (Wildman–Crippen MR) is 178 cm³/mol. The van der Waals surface area contributed by atoms with E-state index >= 15 is 0 Å². The Morgan fingerprint density at radius 2 is 0.927 bits per heavy atom. The van der Waals surface area contributed by atoms with Gasteiger partial charge in [0.2, 0.25) is 0 Å². The molecule has 5 heteroatoms. The molecule has 3 aromatic heterocycles. The summed E-state index contributed by atoms with van der Waals surface area (Å²) < 4.78 is 0. The Hall–Kier alpha value is -3.11. The van der Waals surface area contributed by atoms with Crippen molar-refractivity contribution in [2.45, 2.75) is 107 Å². The molecule has 4 nitrogen and oxygen atoms in total. The first-order valence-corrected chi connectivity index (χ1v) is 16.2. The van der Waals surface area contributed by atoms with Gasteiger partial charge in [-0.05, 0) is 114 Å². The first-order valence-electron chi connectivity index (χ1n) is 15.8. The number of rotatable bonds is 8. The molecule has 5 heterocycles. The van der Waals surface area contributed by atoms with Gasteiger partial charge in [0.25, 0.3) is 0 Å². The van der Waals surface area contributed by atoms with Gasteiger partial charge in [0.05, 0.1) is 33.3 Å². The van der Waals surface area contributed by atoms with E-state index in [4.69, 9.17) is 21.6 Å². The van der Waals surface area contributed by atoms with Crippen LogP contribution in [0.1, 0.15) is 126 Å². The second-order valence-corrected chi connectivity index (χ2v) is 11.4. The van der Waals surface area contributed by atoms with Crippen molar-refractivity contribution in [1.29, 1.82) is 0 Å². The molecule has 0 amide bonds. The monoisotopic (exact) mass is 568 g/mol. The highest BCUT2D eigenvalue weighted by atomic mass is 35.5. The fraction of sp³-hybridized carbons (Fsp3) is 0.444. The largest absolute Gasteiger partial charge is 0.355 e. The maximum Gasteiger partial charge on any atom is 0.0903 e. The lowest BCUT2D eigenvalue weighted by Gasteiger charge is -2.05. The van der Waals surface area contributed by atoms with Crippen molar-refractivity contribution < 1.29 is 0 Å². The van der Waals surface area contributed by atoms with Crippen LogP contribution < -0.4 is 0 Å². The average Bonchev–Trinajstić information content (AvgIpc) is 3.71. The van der Waals surface area contributed by atoms with Crippen molar-refractivity contribution >= 4 is 56.0 Å². The van der Waals surface area contributed by atoms with Gasteiger partial charge in [0, 0.05) is 16.6 Å². The third-order valence-corrected chi connectivity index (χ3v) is 9.42. The number of aryl methyl sites for hydroxylation is 4. The van der Waals surface area contributed by atoms with Gasteiger partial charge < -0.3 is 9.97 Å². The lowest BCUT2D eigenvalue weighted by atomic mass is 9.97. The van der Waals surface area contributed by atoms with Crippen molar-refractivity contribution in [2.24, 2.45) is 0 Å². The number of aromatic amines is 2. The number of hydrogen-bond acceptors (Lipinski definition) is 2. The SMILES string of the molecule is CCC1=C(CC)c2cc3[nH]c(cc4[nH]c(c(Cl)c5nc(cc1n2)C(CC)=C5CC)c(CC)c4CC)c(CC)c3CC. The Labute approximate surface area is 250 Å². The minimum Gasteiger partial charge on any atom is -0.355 e. The number of aromatic nitrogens is 4. The van der Waals surface area contributed by atoms with E-state index in [-0.39, 0.29) is 0 Å². The lowest BCUT2D eigenvalue weighted by Crippen LogP contribution is -1.88. The zero-order valence-corrected chi connectivity index (χ0v) is 26.9. The second-order valence-electron chi connectivity index (χ2n) is 11.0. The van der Waals surface area contributed by atoms with Crippen LogP contribution in [-0.4, -0.2) is 19.9 Å². The van der Waals surface area contributed by atoms with Crippen LogP contribution in [0.4, 0.5) is 0 Å². The number of halogens is 1. The van der Waals surface area contributed by atoms with Gasteiger partial charge in [0.15, 0.2) is 0 Å². The molecule has 8 bridgehead atoms. The summed E-state index contributed by atoms with van der Waals surface area (Å²) in [6.07, 6.45) is 7.46. The first-order chi connectivity index (χ1) is 19.9. The Balaban J connectivity index is 2.07. The molecule has 0 aliphatic carbocycles. The van der Waals surface area contributed by atoms with Crippen LogP contribution in [0.3, 0.4) is 0 Å². The summed E-state index contributed by atoms with van der Waals surface area (Å²) in [6, 6.07) is 6.82. The number of hydrogen-bond donors (Lipinski definition) is 2. The van der Waals surface area contributed by atoms with E-state index in [1.54, 1.807) is 0 Å². The van der Waals surface area contributed by atoms with Gasteiger partial charge in [-0.25, -0.2) is 9.97 Å². The number of allylic oxidation sites excluding steroid dienone is 4. The normalized spacial score (nSPS) is 13.6. The molecule has 0 radical (unpaired) electrons. The minimum absolute atomic E-state index is 0.723. The third kappa shape index (κ3) is 4.78. The van der Waals surface area contributed by atoms with Crippen LogP contribution in [0.5, 0.6) is 0 Å². The van der Waals surface area contributed by atoms with Crippen LogP contribution in [-0.2, 0) is 25.7 Å². The van der Waals surface area contributed by atoms with Gasteiger partial charge >= 0.3 is 0 Å². The summed E-state index contributed by atoms with van der Waals surface area (Å²) in [6.45, 7) is 17.9. The fourth-order valence-electron chi connectivity index (χ4n) is 7.14. The zero-order chi connectivity index (χ0) is 29.4. The van der Waals surface area contributed by atoms with Gasteiger partial charge in [-0.2, -0.15) is 0 Å². The average molecular weight is 569 g/mol. The molecule has 0 unspecified atom stereocenters. The standard InChI is InChI=1S/C36H45ClN4/c1-9-20-22(11-3)30-18-32-24(13-5)26(15-7)35(40-32)34(37)36-27(16-8)25(14-6)33(41-36)19-31-23(12-4)21(10-2)29(39-31)17-28(20)38-30/h17-19,38,40H,9-16H2,1-8H3. The number of nitrogens with zero attached hydrogens (tertiary/aromatic N) is 2. The molecule has 41 heavy (non-hydrogen) atoms. The number of nitrogens with one attached hydrogen (secondary N) is 2. The first kappa shape index (κ1) is 29.4. The van der Waals surface area contributed by atoms with Gasteiger partial charge in [-0.1, -0.05) is 67.0 Å². The van der Waals surface area contributed by atoms with Crippen molar-refractivity contribution in [2.75, 3.05) is 0 Å². The smallest absolute Gasteiger partial charge is 0.0903 e. The van der Waals surface area contributed by atoms with E-state index < -0.39 is 0 Å². The van der Waals surface area contributed by atoms with E-state index in [1.807, 2.05) is 0 Å². The number of fused-ring (bicyclic) bond motifs is 8. The molecule has 0 aromatic carbocycles. The van der Waals surface area contributed by atoms with Crippen molar-refractivity contribution in [1.82, 2.24) is 19.9 Å². The minimum atomic E-state index is 0.723. The Morgan fingerprint density at radius 1 is 0.488 bits per heavy atom. The molecule has 0 spiro atoms. The Kier molecular flexibility index (Phi) is 8.61. The predicted octanol–water partition coefficient (Wildman–Crippen LogP) is 10.7. The van der Waals surface area contributed by atoms with E-state index in [1.165, 1.54) is 55.6 Å². The summed E-state index contributed by atoms with van der Waals surface area (Å²) in [5.41, 5.74) is 19.1. The highest BCUT2D eigenvalue weighted by Crippen LogP contribution is 2.42. The molecule has 2 aliphatic heterocycles. The molecule has 3 aromatic rings. The van der Waals surface area contributed by atoms with Crippen LogP contribution in [0.25, 0.3) is 44.4 Å². The summed E-state index contributed by atoms with van der Waals surface area (Å²) >= 11 is 7.36. The maximum atomic E-state index is 7.36. The molecule has 0 saturated carbocycles. The second kappa shape index (κ2) is 12.0. The highest BCUT2D eigenvalue weighted by molar-refractivity contribution is 6.36. The van der Waals surface area contributed by atoms with Gasteiger partial charge in [0.1, 0.15) is 0 Å². The molecular weight excluding hydrogens is 524 g/mol. The van der Waals surface area contributed by atoms with E-state index in [2.05, 4.69) is 83.6 Å². The van der Waals surface area contributed by atoms with Crippen LogP contribution in [0.15, 0.2) is 18.2 Å². The van der Waals surface area contributed by atoms with Crippen molar-refractivity contribution in [3.63, 3.8) is 0 Å². The molecule has 216 valence electrons. The molecular formula is C36H45ClN4. The quantitative estimate of drug-likeness (QED) is 0.284. The van der Waals surface area contributed by atoms with Crippen LogP contribution in [0, 0.1) is 0 Å². The molecule has 2 N–H and O–H groups in total. The van der Waals surface area contributed by atoms with Crippen LogP contribution in [0.2, 0.25) is 5.02 Å².